The summed E-state index contributed by atoms with van der Waals surface area (Å²) < 4.78 is 0. The molecule has 1 N–H and O–H groups in total. The molecule has 112 valence electrons. The van der Waals surface area contributed by atoms with Gasteiger partial charge < -0.3 is 5.32 Å². The maximum Gasteiger partial charge on any atom is 0.0236 e. The third-order valence-corrected chi connectivity index (χ3v) is 4.38. The van der Waals surface area contributed by atoms with Crippen molar-refractivity contribution in [2.45, 2.75) is 65.1 Å². The molecule has 1 aromatic rings. The minimum absolute atomic E-state index is 0.821. The second-order valence-electron chi connectivity index (χ2n) is 6.00. The summed E-state index contributed by atoms with van der Waals surface area (Å²) in [6.07, 6.45) is 6.83. The van der Waals surface area contributed by atoms with Gasteiger partial charge in [-0.15, -0.1) is 0 Å². The molecule has 1 saturated carbocycles. The van der Waals surface area contributed by atoms with E-state index in [1.165, 1.54) is 49.8 Å². The van der Waals surface area contributed by atoms with E-state index in [-0.39, 0.29) is 0 Å². The van der Waals surface area contributed by atoms with Gasteiger partial charge in [-0.2, -0.15) is 0 Å². The van der Waals surface area contributed by atoms with Gasteiger partial charge in [-0.1, -0.05) is 51.0 Å². The van der Waals surface area contributed by atoms with E-state index in [9.17, 15) is 0 Å². The molecule has 0 unspecified atom stereocenters. The Bertz CT molecular complexity index is 383. The maximum absolute atomic E-state index is 3.49. The van der Waals surface area contributed by atoms with Crippen LogP contribution in [0, 0.1) is 0 Å². The van der Waals surface area contributed by atoms with E-state index in [0.29, 0.717) is 0 Å². The number of benzene rings is 1. The zero-order valence-electron chi connectivity index (χ0n) is 13.2. The lowest BCUT2D eigenvalue weighted by atomic mass is 10.1. The summed E-state index contributed by atoms with van der Waals surface area (Å²) in [7, 11) is 0. The van der Waals surface area contributed by atoms with Crippen molar-refractivity contribution in [3.8, 4) is 0 Å². The Morgan fingerprint density at radius 1 is 1.15 bits per heavy atom. The van der Waals surface area contributed by atoms with Gasteiger partial charge in [-0.3, -0.25) is 4.90 Å². The zero-order valence-corrected chi connectivity index (χ0v) is 13.2. The average Bonchev–Trinajstić information content (AvgIpc) is 2.99. The molecule has 0 spiro atoms. The summed E-state index contributed by atoms with van der Waals surface area (Å²) in [5.41, 5.74) is 2.88. The van der Waals surface area contributed by atoms with Crippen LogP contribution in [0.15, 0.2) is 24.3 Å². The first-order chi connectivity index (χ1) is 9.83. The molecule has 0 aliphatic heterocycles. The second-order valence-corrected chi connectivity index (χ2v) is 6.00. The molecule has 0 atom stereocenters. The van der Waals surface area contributed by atoms with Gasteiger partial charge in [0.15, 0.2) is 0 Å². The molecule has 1 aliphatic carbocycles. The summed E-state index contributed by atoms with van der Waals surface area (Å²) in [5.74, 6) is 0. The Morgan fingerprint density at radius 3 is 2.60 bits per heavy atom. The van der Waals surface area contributed by atoms with Crippen molar-refractivity contribution in [3.63, 3.8) is 0 Å². The number of hydrogen-bond acceptors (Lipinski definition) is 2. The van der Waals surface area contributed by atoms with Crippen LogP contribution in [0.4, 0.5) is 0 Å². The molecule has 1 fully saturated rings. The van der Waals surface area contributed by atoms with Crippen LogP contribution in [-0.2, 0) is 13.1 Å². The van der Waals surface area contributed by atoms with E-state index in [0.717, 1.165) is 25.7 Å². The Kier molecular flexibility index (Phi) is 6.55. The van der Waals surface area contributed by atoms with Crippen molar-refractivity contribution in [1.82, 2.24) is 10.2 Å². The third kappa shape index (κ3) is 4.60. The molecule has 2 heteroatoms. The first-order valence-electron chi connectivity index (χ1n) is 8.36. The minimum atomic E-state index is 0.821. The van der Waals surface area contributed by atoms with E-state index < -0.39 is 0 Å². The first kappa shape index (κ1) is 15.5. The molecular formula is C18H30N2. The second kappa shape index (κ2) is 8.43. The molecule has 1 aliphatic rings. The molecular weight excluding hydrogens is 244 g/mol. The van der Waals surface area contributed by atoms with Crippen LogP contribution in [-0.4, -0.2) is 24.0 Å². The van der Waals surface area contributed by atoms with Crippen molar-refractivity contribution in [1.29, 1.82) is 0 Å². The molecule has 20 heavy (non-hydrogen) atoms. The summed E-state index contributed by atoms with van der Waals surface area (Å²) in [4.78, 5) is 2.66. The summed E-state index contributed by atoms with van der Waals surface area (Å²) >= 11 is 0. The molecule has 0 bridgehead atoms. The molecule has 0 saturated heterocycles. The highest BCUT2D eigenvalue weighted by Crippen LogP contribution is 2.24. The maximum atomic E-state index is 3.49. The average molecular weight is 274 g/mol. The minimum Gasteiger partial charge on any atom is -0.313 e. The monoisotopic (exact) mass is 274 g/mol. The normalized spacial score (nSPS) is 16.1. The summed E-state index contributed by atoms with van der Waals surface area (Å²) in [6, 6.07) is 9.92. The van der Waals surface area contributed by atoms with E-state index in [1.807, 2.05) is 0 Å². The SMILES string of the molecule is CCCNCc1cccc(CN(CC)C2CCCC2)c1. The fourth-order valence-electron chi connectivity index (χ4n) is 3.25. The Balaban J connectivity index is 1.91. The number of hydrogen-bond donors (Lipinski definition) is 1. The highest BCUT2D eigenvalue weighted by atomic mass is 15.1. The van der Waals surface area contributed by atoms with Crippen LogP contribution in [0.5, 0.6) is 0 Å². The summed E-state index contributed by atoms with van der Waals surface area (Å²) in [6.45, 7) is 8.89. The van der Waals surface area contributed by atoms with Crippen LogP contribution in [0.3, 0.4) is 0 Å². The lowest BCUT2D eigenvalue weighted by Gasteiger charge is -2.27. The molecule has 0 amide bonds. The van der Waals surface area contributed by atoms with Gasteiger partial charge in [0.2, 0.25) is 0 Å². The number of nitrogens with zero attached hydrogens (tertiary/aromatic N) is 1. The highest BCUT2D eigenvalue weighted by molar-refractivity contribution is 5.23. The first-order valence-corrected chi connectivity index (χ1v) is 8.36. The van der Waals surface area contributed by atoms with Gasteiger partial charge in [0.25, 0.3) is 0 Å². The largest absolute Gasteiger partial charge is 0.313 e. The van der Waals surface area contributed by atoms with Crippen molar-refractivity contribution < 1.29 is 0 Å². The van der Waals surface area contributed by atoms with Gasteiger partial charge in [-0.25, -0.2) is 0 Å². The van der Waals surface area contributed by atoms with Gasteiger partial charge in [0, 0.05) is 19.1 Å². The van der Waals surface area contributed by atoms with E-state index >= 15 is 0 Å². The molecule has 0 radical (unpaired) electrons. The molecule has 2 rings (SSSR count). The molecule has 0 heterocycles. The number of nitrogens with one attached hydrogen (secondary N) is 1. The van der Waals surface area contributed by atoms with Crippen molar-refractivity contribution >= 4 is 0 Å². The topological polar surface area (TPSA) is 15.3 Å². The smallest absolute Gasteiger partial charge is 0.0236 e. The van der Waals surface area contributed by atoms with Gasteiger partial charge in [0.05, 0.1) is 0 Å². The molecule has 0 aromatic heterocycles. The Hall–Kier alpha value is -0.860. The predicted octanol–water partition coefficient (Wildman–Crippen LogP) is 3.95. The van der Waals surface area contributed by atoms with Crippen molar-refractivity contribution in [2.75, 3.05) is 13.1 Å². The molecule has 1 aromatic carbocycles. The predicted molar refractivity (Wildman–Crippen MR) is 86.8 cm³/mol. The Morgan fingerprint density at radius 2 is 1.90 bits per heavy atom. The quantitative estimate of drug-likeness (QED) is 0.722. The van der Waals surface area contributed by atoms with E-state index in [2.05, 4.69) is 48.3 Å². The van der Waals surface area contributed by atoms with Crippen LogP contribution in [0.25, 0.3) is 0 Å². The van der Waals surface area contributed by atoms with E-state index in [4.69, 9.17) is 0 Å². The van der Waals surface area contributed by atoms with Crippen LogP contribution in [0.1, 0.15) is 57.1 Å². The fourth-order valence-corrected chi connectivity index (χ4v) is 3.25. The van der Waals surface area contributed by atoms with E-state index in [1.54, 1.807) is 0 Å². The highest BCUT2D eigenvalue weighted by Gasteiger charge is 2.21. The standard InChI is InChI=1S/C18H30N2/c1-3-12-19-14-16-8-7-9-17(13-16)15-20(4-2)18-10-5-6-11-18/h7-9,13,18-19H,3-6,10-12,14-15H2,1-2H3. The van der Waals surface area contributed by atoms with Crippen LogP contribution in [0.2, 0.25) is 0 Å². The van der Waals surface area contributed by atoms with Gasteiger partial charge in [-0.05, 0) is 43.5 Å². The third-order valence-electron chi connectivity index (χ3n) is 4.38. The lowest BCUT2D eigenvalue weighted by Crippen LogP contribution is -2.32. The van der Waals surface area contributed by atoms with Crippen molar-refractivity contribution in [2.24, 2.45) is 0 Å². The Labute approximate surface area is 124 Å². The van der Waals surface area contributed by atoms with Gasteiger partial charge in [0.1, 0.15) is 0 Å². The lowest BCUT2D eigenvalue weighted by molar-refractivity contribution is 0.200. The summed E-state index contributed by atoms with van der Waals surface area (Å²) in [5, 5.41) is 3.49. The fraction of sp³-hybridized carbons (Fsp3) is 0.667. The van der Waals surface area contributed by atoms with Gasteiger partial charge >= 0.3 is 0 Å². The zero-order chi connectivity index (χ0) is 14.2. The van der Waals surface area contributed by atoms with Crippen LogP contribution < -0.4 is 5.32 Å². The molecule has 2 nitrogen and oxygen atoms in total. The number of rotatable bonds is 8. The van der Waals surface area contributed by atoms with Crippen molar-refractivity contribution in [3.05, 3.63) is 35.4 Å². The van der Waals surface area contributed by atoms with Crippen LogP contribution >= 0.6 is 0 Å².